The Balaban J connectivity index is 1.57. The highest BCUT2D eigenvalue weighted by Crippen LogP contribution is 2.37. The number of benzene rings is 1. The van der Waals surface area contributed by atoms with Crippen LogP contribution in [-0.4, -0.2) is 53.9 Å². The minimum atomic E-state index is -0.549. The molecule has 1 fully saturated rings. The summed E-state index contributed by atoms with van der Waals surface area (Å²) in [5.41, 5.74) is 4.98. The molecule has 1 N–H and O–H groups in total. The Kier molecular flexibility index (Phi) is 6.40. The Labute approximate surface area is 189 Å². The average Bonchev–Trinajstić information content (AvgIpc) is 3.33. The molecule has 166 valence electrons. The van der Waals surface area contributed by atoms with Crippen molar-refractivity contribution < 1.29 is 9.59 Å². The fraction of sp³-hybridized carbons (Fsp3) is 0.440. The fourth-order valence-corrected chi connectivity index (χ4v) is 4.48. The zero-order valence-corrected chi connectivity index (χ0v) is 18.7. The molecule has 2 heterocycles. The summed E-state index contributed by atoms with van der Waals surface area (Å²) in [5.74, 6) is -0.340. The van der Waals surface area contributed by atoms with Crippen LogP contribution in [0.25, 0.3) is 11.3 Å². The summed E-state index contributed by atoms with van der Waals surface area (Å²) in [6, 6.07) is 12.5. The number of fused-ring (bicyclic) bond motifs is 1. The van der Waals surface area contributed by atoms with Crippen LogP contribution in [-0.2, 0) is 22.4 Å². The van der Waals surface area contributed by atoms with Crippen LogP contribution >= 0.6 is 0 Å². The lowest BCUT2D eigenvalue weighted by atomic mass is 9.98. The highest BCUT2D eigenvalue weighted by molar-refractivity contribution is 6.35. The molecule has 1 unspecified atom stereocenters. The fourth-order valence-electron chi connectivity index (χ4n) is 4.48. The van der Waals surface area contributed by atoms with Crippen molar-refractivity contribution in [2.45, 2.75) is 45.6 Å². The van der Waals surface area contributed by atoms with Gasteiger partial charge in [0.1, 0.15) is 11.9 Å². The standard InChI is InChI=1S/C25H29N5O2/c1-3-17(2)27-24(31)25(32)30-14-12-29(13-15-30)23-21(16-26)19-10-7-11-20(19)22(28-23)18-8-5-4-6-9-18/h4-6,8-9,17H,3,7,10-15H2,1-2H3,(H,27,31). The largest absolute Gasteiger partial charge is 0.352 e. The number of aromatic nitrogens is 1. The molecular formula is C25H29N5O2. The van der Waals surface area contributed by atoms with Crippen molar-refractivity contribution in [2.75, 3.05) is 31.1 Å². The van der Waals surface area contributed by atoms with Crippen LogP contribution in [0.15, 0.2) is 30.3 Å². The number of carbonyl (C=O) groups is 2. The number of hydrogen-bond donors (Lipinski definition) is 1. The maximum Gasteiger partial charge on any atom is 0.312 e. The topological polar surface area (TPSA) is 89.3 Å². The van der Waals surface area contributed by atoms with Gasteiger partial charge in [-0.3, -0.25) is 9.59 Å². The molecule has 2 aliphatic rings. The lowest BCUT2D eigenvalue weighted by molar-refractivity contribution is -0.146. The minimum Gasteiger partial charge on any atom is -0.352 e. The van der Waals surface area contributed by atoms with Gasteiger partial charge in [-0.05, 0) is 43.7 Å². The summed E-state index contributed by atoms with van der Waals surface area (Å²) >= 11 is 0. The second-order valence-electron chi connectivity index (χ2n) is 8.51. The molecule has 2 aromatic rings. The van der Waals surface area contributed by atoms with Crippen LogP contribution in [0.5, 0.6) is 0 Å². The van der Waals surface area contributed by atoms with Crippen molar-refractivity contribution in [3.05, 3.63) is 47.0 Å². The predicted molar refractivity (Wildman–Crippen MR) is 123 cm³/mol. The summed E-state index contributed by atoms with van der Waals surface area (Å²) in [7, 11) is 0. The lowest BCUT2D eigenvalue weighted by Crippen LogP contribution is -2.53. The molecule has 1 aromatic heterocycles. The molecule has 0 saturated carbocycles. The SMILES string of the molecule is CCC(C)NC(=O)C(=O)N1CCN(c2nc(-c3ccccc3)c3c(c2C#N)CCC3)CC1. The third-order valence-electron chi connectivity index (χ3n) is 6.46. The van der Waals surface area contributed by atoms with Crippen LogP contribution in [0.3, 0.4) is 0 Å². The van der Waals surface area contributed by atoms with E-state index >= 15 is 0 Å². The molecule has 1 aromatic carbocycles. The van der Waals surface area contributed by atoms with Gasteiger partial charge in [0.25, 0.3) is 0 Å². The zero-order valence-electron chi connectivity index (χ0n) is 18.7. The van der Waals surface area contributed by atoms with E-state index in [-0.39, 0.29) is 6.04 Å². The van der Waals surface area contributed by atoms with E-state index in [0.717, 1.165) is 42.5 Å². The zero-order chi connectivity index (χ0) is 22.7. The Bertz CT molecular complexity index is 1050. The highest BCUT2D eigenvalue weighted by Gasteiger charge is 2.31. The third kappa shape index (κ3) is 4.18. The third-order valence-corrected chi connectivity index (χ3v) is 6.46. The van der Waals surface area contributed by atoms with Gasteiger partial charge in [-0.25, -0.2) is 4.98 Å². The maximum atomic E-state index is 12.5. The van der Waals surface area contributed by atoms with Gasteiger partial charge in [-0.1, -0.05) is 37.3 Å². The van der Waals surface area contributed by atoms with Gasteiger partial charge in [0.05, 0.1) is 11.3 Å². The molecule has 1 aliphatic heterocycles. The first-order chi connectivity index (χ1) is 15.5. The first kappa shape index (κ1) is 21.8. The van der Waals surface area contributed by atoms with Crippen molar-refractivity contribution in [3.8, 4) is 17.3 Å². The number of nitrogens with zero attached hydrogens (tertiary/aromatic N) is 4. The summed E-state index contributed by atoms with van der Waals surface area (Å²) in [6.07, 6.45) is 3.64. The Hall–Kier alpha value is -3.40. The molecule has 1 atom stereocenters. The smallest absolute Gasteiger partial charge is 0.312 e. The van der Waals surface area contributed by atoms with E-state index in [9.17, 15) is 14.9 Å². The number of amides is 2. The van der Waals surface area contributed by atoms with Crippen molar-refractivity contribution >= 4 is 17.6 Å². The number of rotatable bonds is 4. The maximum absolute atomic E-state index is 12.5. The molecular weight excluding hydrogens is 402 g/mol. The summed E-state index contributed by atoms with van der Waals surface area (Å²) < 4.78 is 0. The Morgan fingerprint density at radius 2 is 1.81 bits per heavy atom. The number of nitriles is 1. The Morgan fingerprint density at radius 3 is 2.47 bits per heavy atom. The number of piperazine rings is 1. The van der Waals surface area contributed by atoms with E-state index in [1.807, 2.05) is 32.0 Å². The van der Waals surface area contributed by atoms with Crippen molar-refractivity contribution in [1.29, 1.82) is 5.26 Å². The minimum absolute atomic E-state index is 0.0297. The second-order valence-corrected chi connectivity index (χ2v) is 8.51. The summed E-state index contributed by atoms with van der Waals surface area (Å²) in [4.78, 5) is 33.4. The molecule has 0 radical (unpaired) electrons. The molecule has 7 heteroatoms. The molecule has 4 rings (SSSR count). The van der Waals surface area contributed by atoms with Crippen LogP contribution in [0.2, 0.25) is 0 Å². The molecule has 0 bridgehead atoms. The molecule has 1 saturated heterocycles. The van der Waals surface area contributed by atoms with E-state index in [2.05, 4.69) is 28.4 Å². The van der Waals surface area contributed by atoms with E-state index in [0.29, 0.717) is 37.6 Å². The molecule has 2 amide bonds. The molecule has 0 spiro atoms. The summed E-state index contributed by atoms with van der Waals surface area (Å²) in [6.45, 7) is 5.78. The first-order valence-electron chi connectivity index (χ1n) is 11.4. The first-order valence-corrected chi connectivity index (χ1v) is 11.4. The van der Waals surface area contributed by atoms with Gasteiger partial charge < -0.3 is 15.1 Å². The predicted octanol–water partition coefficient (Wildman–Crippen LogP) is 2.67. The van der Waals surface area contributed by atoms with E-state index in [4.69, 9.17) is 4.98 Å². The van der Waals surface area contributed by atoms with Gasteiger partial charge in [-0.15, -0.1) is 0 Å². The van der Waals surface area contributed by atoms with E-state index < -0.39 is 11.8 Å². The van der Waals surface area contributed by atoms with Crippen molar-refractivity contribution in [1.82, 2.24) is 15.2 Å². The van der Waals surface area contributed by atoms with Crippen LogP contribution in [0.4, 0.5) is 5.82 Å². The highest BCUT2D eigenvalue weighted by atomic mass is 16.2. The van der Waals surface area contributed by atoms with Crippen molar-refractivity contribution in [3.63, 3.8) is 0 Å². The second kappa shape index (κ2) is 9.39. The number of hydrogen-bond acceptors (Lipinski definition) is 5. The van der Waals surface area contributed by atoms with E-state index in [1.54, 1.807) is 4.90 Å². The molecule has 7 nitrogen and oxygen atoms in total. The number of pyridine rings is 1. The molecule has 1 aliphatic carbocycles. The summed E-state index contributed by atoms with van der Waals surface area (Å²) in [5, 5.41) is 12.7. The van der Waals surface area contributed by atoms with Gasteiger partial charge in [-0.2, -0.15) is 5.26 Å². The van der Waals surface area contributed by atoms with Gasteiger partial charge in [0.15, 0.2) is 0 Å². The Morgan fingerprint density at radius 1 is 1.12 bits per heavy atom. The van der Waals surface area contributed by atoms with E-state index in [1.165, 1.54) is 5.56 Å². The quantitative estimate of drug-likeness (QED) is 0.752. The van der Waals surface area contributed by atoms with Crippen molar-refractivity contribution in [2.24, 2.45) is 0 Å². The number of carbonyl (C=O) groups excluding carboxylic acids is 2. The van der Waals surface area contributed by atoms with Crippen LogP contribution in [0, 0.1) is 11.3 Å². The van der Waals surface area contributed by atoms with Gasteiger partial charge in [0.2, 0.25) is 0 Å². The molecule has 32 heavy (non-hydrogen) atoms. The normalized spacial score (nSPS) is 16.3. The number of nitrogens with one attached hydrogen (secondary N) is 1. The van der Waals surface area contributed by atoms with Crippen LogP contribution < -0.4 is 10.2 Å². The number of anilines is 1. The monoisotopic (exact) mass is 431 g/mol. The van der Waals surface area contributed by atoms with Crippen LogP contribution in [0.1, 0.15) is 43.4 Å². The van der Waals surface area contributed by atoms with Gasteiger partial charge >= 0.3 is 11.8 Å². The average molecular weight is 432 g/mol. The lowest BCUT2D eigenvalue weighted by Gasteiger charge is -2.36. The van der Waals surface area contributed by atoms with Gasteiger partial charge in [0, 0.05) is 37.8 Å².